The third kappa shape index (κ3) is 5.52. The van der Waals surface area contributed by atoms with Crippen molar-refractivity contribution in [2.24, 2.45) is 11.7 Å². The lowest BCUT2D eigenvalue weighted by Crippen LogP contribution is -2.37. The van der Waals surface area contributed by atoms with Gasteiger partial charge >= 0.3 is 0 Å². The van der Waals surface area contributed by atoms with Crippen LogP contribution in [-0.2, 0) is 0 Å². The van der Waals surface area contributed by atoms with Crippen LogP contribution >= 0.6 is 0 Å². The zero-order valence-corrected chi connectivity index (χ0v) is 8.06. The first-order chi connectivity index (χ1) is 5.97. The number of hydrogen-bond donors (Lipinski definition) is 2. The van der Waals surface area contributed by atoms with Gasteiger partial charge in [0.2, 0.25) is 0 Å². The average Bonchev–Trinajstić information content (AvgIpc) is 2.02. The molecule has 0 aromatic heterocycles. The summed E-state index contributed by atoms with van der Waals surface area (Å²) in [5.41, 5.74) is 5.24. The van der Waals surface area contributed by atoms with E-state index in [1.807, 2.05) is 6.92 Å². The van der Waals surface area contributed by atoms with Gasteiger partial charge in [-0.05, 0) is 6.54 Å². The number of rotatable bonds is 6. The molecule has 1 atom stereocenters. The van der Waals surface area contributed by atoms with Crippen LogP contribution in [0.4, 0.5) is 8.78 Å². The Morgan fingerprint density at radius 2 is 2.00 bits per heavy atom. The van der Waals surface area contributed by atoms with Crippen LogP contribution in [0.25, 0.3) is 0 Å². The molecule has 0 bridgehead atoms. The number of alkyl halides is 2. The summed E-state index contributed by atoms with van der Waals surface area (Å²) < 4.78 is 24.0. The lowest BCUT2D eigenvalue weighted by atomic mass is 10.1. The Hall–Kier alpha value is -0.710. The summed E-state index contributed by atoms with van der Waals surface area (Å²) in [6, 6.07) is 0. The van der Waals surface area contributed by atoms with Crippen molar-refractivity contribution in [1.29, 1.82) is 5.41 Å². The van der Waals surface area contributed by atoms with Crippen molar-refractivity contribution in [3.63, 3.8) is 0 Å². The fourth-order valence-electron chi connectivity index (χ4n) is 1.01. The molecule has 0 aromatic rings. The lowest BCUT2D eigenvalue weighted by molar-refractivity contribution is 0.0877. The standard InChI is InChI=1S/C8H17F2N3/c1-3-13(5-7(9)10)4-6(2)8(11)12/h6-7H,3-5H2,1-2H3,(H3,11,12). The molecule has 0 spiro atoms. The predicted molar refractivity (Wildman–Crippen MR) is 49.2 cm³/mol. The maximum Gasteiger partial charge on any atom is 0.251 e. The second kappa shape index (κ2) is 5.85. The maximum atomic E-state index is 12.0. The van der Waals surface area contributed by atoms with E-state index in [1.165, 1.54) is 0 Å². The van der Waals surface area contributed by atoms with Gasteiger partial charge in [-0.15, -0.1) is 0 Å². The highest BCUT2D eigenvalue weighted by Crippen LogP contribution is 2.03. The summed E-state index contributed by atoms with van der Waals surface area (Å²) in [6.45, 7) is 4.32. The minimum atomic E-state index is -2.32. The number of hydrogen-bond acceptors (Lipinski definition) is 2. The summed E-state index contributed by atoms with van der Waals surface area (Å²) in [5, 5.41) is 7.11. The minimum absolute atomic E-state index is 0.0488. The van der Waals surface area contributed by atoms with Gasteiger partial charge < -0.3 is 5.73 Å². The van der Waals surface area contributed by atoms with E-state index in [1.54, 1.807) is 11.8 Å². The molecule has 0 saturated carbocycles. The van der Waals surface area contributed by atoms with E-state index in [2.05, 4.69) is 0 Å². The Morgan fingerprint density at radius 3 is 2.31 bits per heavy atom. The molecule has 0 radical (unpaired) electrons. The van der Waals surface area contributed by atoms with Gasteiger partial charge in [0.1, 0.15) is 0 Å². The quantitative estimate of drug-likeness (QED) is 0.491. The van der Waals surface area contributed by atoms with Gasteiger partial charge in [-0.3, -0.25) is 10.3 Å². The summed E-state index contributed by atoms with van der Waals surface area (Å²) in [7, 11) is 0. The van der Waals surface area contributed by atoms with Gasteiger partial charge in [0.25, 0.3) is 6.43 Å². The lowest BCUT2D eigenvalue weighted by Gasteiger charge is -2.22. The first-order valence-electron chi connectivity index (χ1n) is 4.31. The first-order valence-corrected chi connectivity index (χ1v) is 4.31. The van der Waals surface area contributed by atoms with Gasteiger partial charge in [-0.25, -0.2) is 8.78 Å². The van der Waals surface area contributed by atoms with E-state index in [0.717, 1.165) is 0 Å². The van der Waals surface area contributed by atoms with E-state index in [-0.39, 0.29) is 18.3 Å². The predicted octanol–water partition coefficient (Wildman–Crippen LogP) is 1.15. The van der Waals surface area contributed by atoms with Crippen LogP contribution in [0.2, 0.25) is 0 Å². The number of nitrogens with zero attached hydrogens (tertiary/aromatic N) is 1. The zero-order valence-electron chi connectivity index (χ0n) is 8.06. The average molecular weight is 193 g/mol. The molecule has 0 aliphatic carbocycles. The van der Waals surface area contributed by atoms with Crippen LogP contribution < -0.4 is 5.73 Å². The Morgan fingerprint density at radius 1 is 1.46 bits per heavy atom. The normalized spacial score (nSPS) is 13.7. The van der Waals surface area contributed by atoms with Crippen molar-refractivity contribution in [1.82, 2.24) is 4.90 Å². The van der Waals surface area contributed by atoms with Crippen LogP contribution in [0.1, 0.15) is 13.8 Å². The highest BCUT2D eigenvalue weighted by molar-refractivity contribution is 5.79. The zero-order chi connectivity index (χ0) is 10.4. The van der Waals surface area contributed by atoms with Crippen molar-refractivity contribution < 1.29 is 8.78 Å². The van der Waals surface area contributed by atoms with Crippen LogP contribution in [0.15, 0.2) is 0 Å². The fourth-order valence-corrected chi connectivity index (χ4v) is 1.01. The molecule has 0 saturated heterocycles. The highest BCUT2D eigenvalue weighted by atomic mass is 19.3. The SMILES string of the molecule is CCN(CC(F)F)CC(C)C(=N)N. The topological polar surface area (TPSA) is 53.1 Å². The second-order valence-electron chi connectivity index (χ2n) is 3.10. The third-order valence-corrected chi connectivity index (χ3v) is 1.91. The number of halogens is 2. The number of nitrogens with two attached hydrogens (primary N) is 1. The maximum absolute atomic E-state index is 12.0. The monoisotopic (exact) mass is 193 g/mol. The smallest absolute Gasteiger partial charge is 0.251 e. The molecule has 0 amide bonds. The van der Waals surface area contributed by atoms with Gasteiger partial charge in [-0.1, -0.05) is 13.8 Å². The molecule has 0 fully saturated rings. The second-order valence-corrected chi connectivity index (χ2v) is 3.10. The third-order valence-electron chi connectivity index (χ3n) is 1.91. The number of nitrogens with one attached hydrogen (secondary N) is 1. The van der Waals surface area contributed by atoms with Crippen molar-refractivity contribution in [2.45, 2.75) is 20.3 Å². The van der Waals surface area contributed by atoms with E-state index in [9.17, 15) is 8.78 Å². The largest absolute Gasteiger partial charge is 0.387 e. The highest BCUT2D eigenvalue weighted by Gasteiger charge is 2.14. The molecule has 0 rings (SSSR count). The molecule has 0 aliphatic heterocycles. The van der Waals surface area contributed by atoms with Crippen molar-refractivity contribution in [2.75, 3.05) is 19.6 Å². The molecule has 5 heteroatoms. The molecule has 1 unspecified atom stereocenters. The van der Waals surface area contributed by atoms with Crippen LogP contribution in [0.3, 0.4) is 0 Å². The summed E-state index contributed by atoms with van der Waals surface area (Å²) in [6.07, 6.45) is -2.32. The summed E-state index contributed by atoms with van der Waals surface area (Å²) in [5.74, 6) is -0.105. The Labute approximate surface area is 77.4 Å². The van der Waals surface area contributed by atoms with E-state index < -0.39 is 6.43 Å². The van der Waals surface area contributed by atoms with Crippen LogP contribution in [-0.4, -0.2) is 36.8 Å². The first kappa shape index (κ1) is 12.3. The van der Waals surface area contributed by atoms with Crippen LogP contribution in [0.5, 0.6) is 0 Å². The molecule has 0 aliphatic rings. The molecule has 13 heavy (non-hydrogen) atoms. The summed E-state index contributed by atoms with van der Waals surface area (Å²) >= 11 is 0. The molecule has 78 valence electrons. The minimum Gasteiger partial charge on any atom is -0.387 e. The van der Waals surface area contributed by atoms with Crippen molar-refractivity contribution in [3.8, 4) is 0 Å². The molecule has 0 aromatic carbocycles. The Bertz CT molecular complexity index is 161. The Balaban J connectivity index is 3.90. The van der Waals surface area contributed by atoms with Gasteiger partial charge in [-0.2, -0.15) is 0 Å². The van der Waals surface area contributed by atoms with Crippen LogP contribution in [0, 0.1) is 11.3 Å². The summed E-state index contributed by atoms with van der Waals surface area (Å²) in [4.78, 5) is 1.59. The molecule has 3 N–H and O–H groups in total. The molecule has 0 heterocycles. The molecule has 3 nitrogen and oxygen atoms in total. The Kier molecular flexibility index (Phi) is 5.53. The number of amidine groups is 1. The van der Waals surface area contributed by atoms with Gasteiger partial charge in [0.05, 0.1) is 12.4 Å². The van der Waals surface area contributed by atoms with Gasteiger partial charge in [0, 0.05) is 12.5 Å². The molecular weight excluding hydrogens is 176 g/mol. The van der Waals surface area contributed by atoms with Crippen molar-refractivity contribution >= 4 is 5.84 Å². The molecular formula is C8H17F2N3. The van der Waals surface area contributed by atoms with E-state index >= 15 is 0 Å². The van der Waals surface area contributed by atoms with Gasteiger partial charge in [0.15, 0.2) is 0 Å². The van der Waals surface area contributed by atoms with E-state index in [4.69, 9.17) is 11.1 Å². The fraction of sp³-hybridized carbons (Fsp3) is 0.875. The van der Waals surface area contributed by atoms with Crippen molar-refractivity contribution in [3.05, 3.63) is 0 Å². The van der Waals surface area contributed by atoms with E-state index in [0.29, 0.717) is 13.1 Å².